The number of nitrogens with one attached hydrogen (secondary N) is 1. The molecule has 1 aromatic carbocycles. The maximum atomic E-state index is 12.1. The second-order valence-electron chi connectivity index (χ2n) is 4.69. The first-order valence-corrected chi connectivity index (χ1v) is 5.52. The zero-order chi connectivity index (χ0) is 12.5. The molecule has 98 valence electrons. The van der Waals surface area contributed by atoms with Crippen molar-refractivity contribution in [3.8, 4) is 0 Å². The number of fused-ring (bicyclic) bond motifs is 1. The van der Waals surface area contributed by atoms with Crippen LogP contribution >= 0.6 is 12.4 Å². The molecule has 1 aromatic heterocycles. The highest BCUT2D eigenvalue weighted by Gasteiger charge is 2.21. The van der Waals surface area contributed by atoms with Crippen LogP contribution in [0.1, 0.15) is 24.2 Å². The molecule has 0 bridgehead atoms. The fourth-order valence-corrected chi connectivity index (χ4v) is 1.58. The number of hydrogen-bond donors (Lipinski definition) is 2. The Balaban J connectivity index is 0.00000162. The van der Waals surface area contributed by atoms with Gasteiger partial charge in [0.1, 0.15) is 11.8 Å². The smallest absolute Gasteiger partial charge is 0.255 e. The fraction of sp³-hybridized carbons (Fsp3) is 0.308. The van der Waals surface area contributed by atoms with Crippen LogP contribution in [0, 0.1) is 0 Å². The summed E-state index contributed by atoms with van der Waals surface area (Å²) >= 11 is 0. The maximum absolute atomic E-state index is 12.1. The van der Waals surface area contributed by atoms with E-state index in [1.54, 1.807) is 0 Å². The number of halogens is 1. The molecule has 0 unspecified atom stereocenters. The number of nitrogens with two attached hydrogens (primary N) is 1. The Labute approximate surface area is 112 Å². The largest absolute Gasteiger partial charge is 0.463 e. The summed E-state index contributed by atoms with van der Waals surface area (Å²) < 4.78 is 5.33. The number of rotatable bonds is 3. The molecule has 0 aliphatic carbocycles. The monoisotopic (exact) mass is 268 g/mol. The second kappa shape index (κ2) is 5.42. The first-order valence-electron chi connectivity index (χ1n) is 5.52. The van der Waals surface area contributed by atoms with E-state index in [1.807, 2.05) is 38.1 Å². The quantitative estimate of drug-likeness (QED) is 0.898. The van der Waals surface area contributed by atoms with Gasteiger partial charge in [-0.05, 0) is 19.9 Å². The van der Waals surface area contributed by atoms with Gasteiger partial charge < -0.3 is 15.5 Å². The van der Waals surface area contributed by atoms with E-state index >= 15 is 0 Å². The summed E-state index contributed by atoms with van der Waals surface area (Å²) in [5.41, 5.74) is 6.42. The van der Waals surface area contributed by atoms with E-state index in [9.17, 15) is 4.79 Å². The third-order valence-electron chi connectivity index (χ3n) is 2.69. The van der Waals surface area contributed by atoms with Crippen LogP contribution in [-0.4, -0.2) is 18.0 Å². The molecule has 0 aliphatic rings. The van der Waals surface area contributed by atoms with Crippen molar-refractivity contribution >= 4 is 29.3 Å². The minimum Gasteiger partial charge on any atom is -0.463 e. The first-order chi connectivity index (χ1) is 8.03. The number of furan rings is 1. The number of carbonyl (C=O) groups excluding carboxylic acids is 1. The number of amides is 1. The molecular weight excluding hydrogens is 252 g/mol. The summed E-state index contributed by atoms with van der Waals surface area (Å²) in [4.78, 5) is 12.1. The summed E-state index contributed by atoms with van der Waals surface area (Å²) in [6.07, 6.45) is 1.48. The summed E-state index contributed by atoms with van der Waals surface area (Å²) in [5.74, 6) is -0.162. The van der Waals surface area contributed by atoms with E-state index in [-0.39, 0.29) is 18.3 Å². The van der Waals surface area contributed by atoms with Crippen molar-refractivity contribution in [2.75, 3.05) is 6.54 Å². The predicted octanol–water partition coefficient (Wildman–Crippen LogP) is 2.32. The summed E-state index contributed by atoms with van der Waals surface area (Å²) in [6.45, 7) is 4.15. The van der Waals surface area contributed by atoms with Crippen molar-refractivity contribution in [3.63, 3.8) is 0 Å². The van der Waals surface area contributed by atoms with E-state index in [0.717, 1.165) is 5.39 Å². The van der Waals surface area contributed by atoms with Gasteiger partial charge in [0.15, 0.2) is 0 Å². The molecule has 2 aromatic rings. The van der Waals surface area contributed by atoms with Crippen molar-refractivity contribution in [2.24, 2.45) is 5.73 Å². The van der Waals surface area contributed by atoms with Crippen molar-refractivity contribution in [3.05, 3.63) is 36.1 Å². The van der Waals surface area contributed by atoms with E-state index < -0.39 is 5.54 Å². The van der Waals surface area contributed by atoms with E-state index in [4.69, 9.17) is 10.2 Å². The van der Waals surface area contributed by atoms with E-state index in [2.05, 4.69) is 5.32 Å². The average Bonchev–Trinajstić information content (AvgIpc) is 2.72. The van der Waals surface area contributed by atoms with Gasteiger partial charge in [0.2, 0.25) is 0 Å². The van der Waals surface area contributed by atoms with Crippen LogP contribution < -0.4 is 11.1 Å². The number of benzene rings is 1. The molecule has 0 spiro atoms. The first kappa shape index (κ1) is 14.5. The summed E-state index contributed by atoms with van der Waals surface area (Å²) in [6, 6.07) is 7.45. The maximum Gasteiger partial charge on any atom is 0.255 e. The molecule has 3 N–H and O–H groups in total. The molecule has 4 nitrogen and oxygen atoms in total. The minimum atomic E-state index is -0.421. The summed E-state index contributed by atoms with van der Waals surface area (Å²) in [7, 11) is 0. The second-order valence-corrected chi connectivity index (χ2v) is 4.69. The molecule has 0 fully saturated rings. The molecule has 0 atom stereocenters. The molecule has 2 rings (SSSR count). The van der Waals surface area contributed by atoms with Crippen LogP contribution in [0.4, 0.5) is 0 Å². The molecule has 1 heterocycles. The zero-order valence-electron chi connectivity index (χ0n) is 10.4. The SMILES string of the molecule is CC(C)(CN)NC(=O)c1coc2ccccc12.Cl. The van der Waals surface area contributed by atoms with Gasteiger partial charge in [0, 0.05) is 17.5 Å². The Bertz CT molecular complexity index is 549. The highest BCUT2D eigenvalue weighted by atomic mass is 35.5. The Morgan fingerprint density at radius 2 is 2.06 bits per heavy atom. The van der Waals surface area contributed by atoms with Crippen LogP contribution in [0.2, 0.25) is 0 Å². The van der Waals surface area contributed by atoms with Crippen LogP contribution in [0.15, 0.2) is 34.9 Å². The third kappa shape index (κ3) is 2.83. The number of carbonyl (C=O) groups is 1. The van der Waals surface area contributed by atoms with Gasteiger partial charge in [-0.3, -0.25) is 4.79 Å². The standard InChI is InChI=1S/C13H16N2O2.ClH/c1-13(2,8-14)15-12(16)10-7-17-11-6-4-3-5-9(10)11;/h3-7H,8,14H2,1-2H3,(H,15,16);1H. The van der Waals surface area contributed by atoms with Crippen molar-refractivity contribution in [1.82, 2.24) is 5.32 Å². The molecule has 0 aliphatic heterocycles. The zero-order valence-corrected chi connectivity index (χ0v) is 11.2. The Morgan fingerprint density at radius 3 is 2.72 bits per heavy atom. The molecule has 1 amide bonds. The third-order valence-corrected chi connectivity index (χ3v) is 2.69. The van der Waals surface area contributed by atoms with Crippen LogP contribution in [0.5, 0.6) is 0 Å². The topological polar surface area (TPSA) is 68.3 Å². The molecule has 0 saturated heterocycles. The molecule has 18 heavy (non-hydrogen) atoms. The molecule has 0 saturated carbocycles. The van der Waals surface area contributed by atoms with Gasteiger partial charge >= 0.3 is 0 Å². The Hall–Kier alpha value is -1.52. The van der Waals surface area contributed by atoms with Crippen LogP contribution in [-0.2, 0) is 0 Å². The van der Waals surface area contributed by atoms with Gasteiger partial charge in [-0.15, -0.1) is 12.4 Å². The van der Waals surface area contributed by atoms with Gasteiger partial charge in [0.05, 0.1) is 5.56 Å². The lowest BCUT2D eigenvalue weighted by atomic mass is 10.1. The lowest BCUT2D eigenvalue weighted by molar-refractivity contribution is 0.0916. The van der Waals surface area contributed by atoms with Crippen molar-refractivity contribution < 1.29 is 9.21 Å². The summed E-state index contributed by atoms with van der Waals surface area (Å²) in [5, 5.41) is 3.69. The van der Waals surface area contributed by atoms with Crippen LogP contribution in [0.3, 0.4) is 0 Å². The highest BCUT2D eigenvalue weighted by molar-refractivity contribution is 6.06. The number of hydrogen-bond acceptors (Lipinski definition) is 3. The van der Waals surface area contributed by atoms with Crippen molar-refractivity contribution in [2.45, 2.75) is 19.4 Å². The lowest BCUT2D eigenvalue weighted by Crippen LogP contribution is -2.48. The van der Waals surface area contributed by atoms with Gasteiger partial charge in [-0.25, -0.2) is 0 Å². The normalized spacial score (nSPS) is 11.1. The molecule has 0 radical (unpaired) electrons. The predicted molar refractivity (Wildman–Crippen MR) is 74.1 cm³/mol. The minimum absolute atomic E-state index is 0. The van der Waals surface area contributed by atoms with Crippen molar-refractivity contribution in [1.29, 1.82) is 0 Å². The van der Waals surface area contributed by atoms with E-state index in [0.29, 0.717) is 17.7 Å². The van der Waals surface area contributed by atoms with Crippen LogP contribution in [0.25, 0.3) is 11.0 Å². The van der Waals surface area contributed by atoms with Gasteiger partial charge in [-0.2, -0.15) is 0 Å². The molecule has 5 heteroatoms. The fourth-order valence-electron chi connectivity index (χ4n) is 1.58. The Kier molecular flexibility index (Phi) is 4.38. The van der Waals surface area contributed by atoms with Gasteiger partial charge in [0.25, 0.3) is 5.91 Å². The number of para-hydroxylation sites is 1. The van der Waals surface area contributed by atoms with Gasteiger partial charge in [-0.1, -0.05) is 18.2 Å². The average molecular weight is 269 g/mol. The lowest BCUT2D eigenvalue weighted by Gasteiger charge is -2.23. The Morgan fingerprint density at radius 1 is 1.39 bits per heavy atom. The van der Waals surface area contributed by atoms with E-state index in [1.165, 1.54) is 6.26 Å². The molecular formula is C13H17ClN2O2. The highest BCUT2D eigenvalue weighted by Crippen LogP contribution is 2.20.